The van der Waals surface area contributed by atoms with Crippen molar-refractivity contribution in [1.29, 1.82) is 0 Å². The zero-order valence-electron chi connectivity index (χ0n) is 6.21. The minimum atomic E-state index is -3.85. The Morgan fingerprint density at radius 1 is 1.38 bits per heavy atom. The van der Waals surface area contributed by atoms with Crippen molar-refractivity contribution in [2.24, 2.45) is 0 Å². The van der Waals surface area contributed by atoms with E-state index in [2.05, 4.69) is 22.1 Å². The number of hydrogen-bond donors (Lipinski definition) is 1. The summed E-state index contributed by atoms with van der Waals surface area (Å²) in [6.07, 6.45) is 0. The Hall–Kier alpha value is -0.270. The molecule has 1 aromatic carbocycles. The molecule has 1 rings (SSSR count). The first kappa shape index (κ1) is 10.8. The van der Waals surface area contributed by atoms with E-state index in [0.29, 0.717) is 0 Å². The monoisotopic (exact) mass is 238 g/mol. The molecule has 0 aliphatic rings. The number of rotatable bonds is 3. The Kier molecular flexibility index (Phi) is 3.57. The third-order valence-corrected chi connectivity index (χ3v) is 3.06. The van der Waals surface area contributed by atoms with E-state index in [9.17, 15) is 8.42 Å². The maximum atomic E-state index is 11.2. The lowest BCUT2D eigenvalue weighted by Gasteiger charge is -1.92. The van der Waals surface area contributed by atoms with Crippen LogP contribution in [0.3, 0.4) is 0 Å². The highest BCUT2D eigenvalue weighted by atomic mass is 35.5. The van der Waals surface area contributed by atoms with Crippen molar-refractivity contribution in [2.75, 3.05) is 0 Å². The first-order valence-electron chi connectivity index (χ1n) is 3.10. The van der Waals surface area contributed by atoms with Gasteiger partial charge in [-0.2, -0.15) is 8.42 Å². The summed E-state index contributed by atoms with van der Waals surface area (Å²) < 4.78 is 26.3. The van der Waals surface area contributed by atoms with Gasteiger partial charge in [-0.05, 0) is 12.1 Å². The van der Waals surface area contributed by atoms with Crippen LogP contribution in [-0.2, 0) is 14.3 Å². The number of hydrogen-bond acceptors (Lipinski definition) is 4. The predicted molar refractivity (Wildman–Crippen MR) is 50.8 cm³/mol. The van der Waals surface area contributed by atoms with Crippen molar-refractivity contribution in [2.45, 2.75) is 4.90 Å². The molecule has 0 N–H and O–H groups in total. The Labute approximate surface area is 86.5 Å². The van der Waals surface area contributed by atoms with Crippen LogP contribution in [0, 0.1) is 0 Å². The molecule has 0 atom stereocenters. The van der Waals surface area contributed by atoms with Gasteiger partial charge < -0.3 is 0 Å². The molecular formula is C6H5ClNO3S2+. The lowest BCUT2D eigenvalue weighted by molar-refractivity contribution is 0.317. The number of thiol groups is 1. The summed E-state index contributed by atoms with van der Waals surface area (Å²) >= 11 is 8.83. The lowest BCUT2D eigenvalue weighted by atomic mass is 10.4. The highest BCUT2D eigenvalue weighted by Crippen LogP contribution is 2.20. The second-order valence-electron chi connectivity index (χ2n) is 2.06. The molecular weight excluding hydrogens is 234 g/mol. The fraction of sp³-hybridized carbons (Fsp3) is 0. The average molecular weight is 239 g/mol. The zero-order valence-corrected chi connectivity index (χ0v) is 8.68. The van der Waals surface area contributed by atoms with Gasteiger partial charge in [0.15, 0.2) is 4.90 Å². The average Bonchev–Trinajstić information content (AvgIpc) is 2.04. The van der Waals surface area contributed by atoms with Gasteiger partial charge in [0, 0.05) is 4.28 Å². The summed E-state index contributed by atoms with van der Waals surface area (Å²) in [5.74, 6) is 0. The summed E-state index contributed by atoms with van der Waals surface area (Å²) in [5.41, 5.74) is 0. The van der Waals surface area contributed by atoms with Gasteiger partial charge in [-0.15, -0.1) is 0 Å². The van der Waals surface area contributed by atoms with E-state index < -0.39 is 10.0 Å². The summed E-state index contributed by atoms with van der Waals surface area (Å²) in [6, 6.07) is 5.92. The highest BCUT2D eigenvalue weighted by molar-refractivity contribution is 7.89. The predicted octanol–water partition coefficient (Wildman–Crippen LogP) is 1.41. The van der Waals surface area contributed by atoms with Crippen molar-refractivity contribution in [3.63, 3.8) is 0 Å². The van der Waals surface area contributed by atoms with Gasteiger partial charge in [-0.3, -0.25) is 0 Å². The summed E-state index contributed by atoms with van der Waals surface area (Å²) in [7, 11) is -3.85. The number of halogens is 1. The number of benzene rings is 1. The van der Waals surface area contributed by atoms with Crippen LogP contribution in [0.4, 0.5) is 0 Å². The van der Waals surface area contributed by atoms with Crippen molar-refractivity contribution in [3.8, 4) is 0 Å². The minimum absolute atomic E-state index is 0.0941. The summed E-state index contributed by atoms with van der Waals surface area (Å²) in [5, 5.41) is 0.0941. The number of sulfonamides is 1. The Bertz CT molecular complexity index is 393. The van der Waals surface area contributed by atoms with E-state index in [-0.39, 0.29) is 9.92 Å². The van der Waals surface area contributed by atoms with Crippen molar-refractivity contribution in [1.82, 2.24) is 4.89 Å². The van der Waals surface area contributed by atoms with Crippen LogP contribution < -0.4 is 4.89 Å². The van der Waals surface area contributed by atoms with E-state index in [4.69, 9.17) is 11.6 Å². The second-order valence-corrected chi connectivity index (χ2v) is 4.17. The van der Waals surface area contributed by atoms with E-state index in [1.165, 1.54) is 18.2 Å². The van der Waals surface area contributed by atoms with Gasteiger partial charge in [0.25, 0.3) is 0 Å². The van der Waals surface area contributed by atoms with Crippen LogP contribution in [0.5, 0.6) is 0 Å². The maximum absolute atomic E-state index is 11.2. The van der Waals surface area contributed by atoms with Gasteiger partial charge in [-0.1, -0.05) is 23.7 Å². The molecule has 2 radical (unpaired) electrons. The molecule has 0 aromatic heterocycles. The van der Waals surface area contributed by atoms with Gasteiger partial charge in [0.2, 0.25) is 0 Å². The molecule has 0 saturated carbocycles. The SMILES string of the molecule is O=S(=O)([N+]OS)c1ccccc1Cl. The van der Waals surface area contributed by atoms with E-state index in [1.54, 1.807) is 6.07 Å². The highest BCUT2D eigenvalue weighted by Gasteiger charge is 2.33. The van der Waals surface area contributed by atoms with Crippen LogP contribution in [-0.4, -0.2) is 8.42 Å². The summed E-state index contributed by atoms with van der Waals surface area (Å²) in [6.45, 7) is 0. The first-order chi connectivity index (χ1) is 6.08. The molecule has 0 bridgehead atoms. The largest absolute Gasteiger partial charge is 0.475 e. The molecule has 0 spiro atoms. The van der Waals surface area contributed by atoms with Gasteiger partial charge in [0.1, 0.15) is 0 Å². The third kappa shape index (κ3) is 2.58. The molecule has 0 saturated heterocycles. The Morgan fingerprint density at radius 3 is 2.54 bits per heavy atom. The van der Waals surface area contributed by atoms with Gasteiger partial charge >= 0.3 is 14.9 Å². The van der Waals surface area contributed by atoms with Gasteiger partial charge in [-0.25, -0.2) is 0 Å². The van der Waals surface area contributed by atoms with Crippen LogP contribution in [0.15, 0.2) is 29.2 Å². The molecule has 0 amide bonds. The van der Waals surface area contributed by atoms with Crippen LogP contribution in [0.25, 0.3) is 0 Å². The van der Waals surface area contributed by atoms with E-state index in [0.717, 1.165) is 0 Å². The smallest absolute Gasteiger partial charge is 0.153 e. The molecule has 0 unspecified atom stereocenters. The topological polar surface area (TPSA) is 57.5 Å². The lowest BCUT2D eigenvalue weighted by Crippen LogP contribution is -2.13. The zero-order chi connectivity index (χ0) is 9.90. The second kappa shape index (κ2) is 4.30. The standard InChI is InChI=1S/C6H5ClNO3S2/c7-5-3-1-2-4-6(5)13(9,10)8-11-12/h1-4,12H/q+1. The molecule has 0 heterocycles. The molecule has 7 heteroatoms. The molecule has 13 heavy (non-hydrogen) atoms. The minimum Gasteiger partial charge on any atom is -0.153 e. The number of nitrogens with zero attached hydrogens (tertiary/aromatic N) is 1. The fourth-order valence-electron chi connectivity index (χ4n) is 0.738. The molecule has 70 valence electrons. The first-order valence-corrected chi connectivity index (χ1v) is 5.28. The molecule has 0 aliphatic heterocycles. The van der Waals surface area contributed by atoms with E-state index in [1.807, 2.05) is 0 Å². The van der Waals surface area contributed by atoms with Crippen molar-refractivity contribution < 1.29 is 12.7 Å². The summed E-state index contributed by atoms with van der Waals surface area (Å²) in [4.78, 5) is 2.73. The van der Waals surface area contributed by atoms with Crippen LogP contribution >= 0.6 is 24.5 Å². The Morgan fingerprint density at radius 2 is 2.00 bits per heavy atom. The third-order valence-electron chi connectivity index (χ3n) is 1.25. The van der Waals surface area contributed by atoms with Crippen LogP contribution in [0.2, 0.25) is 5.02 Å². The van der Waals surface area contributed by atoms with Gasteiger partial charge in [0.05, 0.1) is 17.9 Å². The molecule has 0 aliphatic carbocycles. The molecule has 1 aromatic rings. The maximum Gasteiger partial charge on any atom is 0.475 e. The van der Waals surface area contributed by atoms with Crippen molar-refractivity contribution >= 4 is 34.5 Å². The van der Waals surface area contributed by atoms with Crippen molar-refractivity contribution in [3.05, 3.63) is 29.3 Å². The molecule has 4 nitrogen and oxygen atoms in total. The van der Waals surface area contributed by atoms with E-state index >= 15 is 0 Å². The fourth-order valence-corrected chi connectivity index (χ4v) is 2.16. The molecule has 0 fully saturated rings. The Balaban J connectivity index is 3.15. The van der Waals surface area contributed by atoms with Crippen LogP contribution in [0.1, 0.15) is 0 Å². The normalized spacial score (nSPS) is 11.5. The quantitative estimate of drug-likeness (QED) is 0.492.